The second-order valence-corrected chi connectivity index (χ2v) is 3.69. The normalized spacial score (nSPS) is 11.3. The third-order valence-corrected chi connectivity index (χ3v) is 1.98. The van der Waals surface area contributed by atoms with Gasteiger partial charge in [0.15, 0.2) is 0 Å². The molecular weight excluding hydrogens is 214 g/mol. The Kier molecular flexibility index (Phi) is 6.15. The lowest BCUT2D eigenvalue weighted by Gasteiger charge is -2.08. The molecule has 0 heterocycles. The Morgan fingerprint density at radius 2 is 1.80 bits per heavy atom. The van der Waals surface area contributed by atoms with E-state index in [1.165, 1.54) is 16.7 Å². The highest BCUT2D eigenvalue weighted by Gasteiger charge is 2.00. The van der Waals surface area contributed by atoms with E-state index in [1.807, 2.05) is 0 Å². The molecule has 1 aromatic rings. The number of methoxy groups -OCH3 is 1. The van der Waals surface area contributed by atoms with Crippen molar-refractivity contribution in [2.75, 3.05) is 7.11 Å². The molecule has 1 atom stereocenters. The van der Waals surface area contributed by atoms with Crippen molar-refractivity contribution in [2.24, 2.45) is 5.14 Å². The van der Waals surface area contributed by atoms with E-state index in [2.05, 4.69) is 38.0 Å². The van der Waals surface area contributed by atoms with E-state index in [9.17, 15) is 0 Å². The van der Waals surface area contributed by atoms with Gasteiger partial charge in [0.05, 0.1) is 7.11 Å². The first-order valence-corrected chi connectivity index (χ1v) is 5.47. The zero-order valence-electron chi connectivity index (χ0n) is 9.37. The molecule has 0 aliphatic carbocycles. The minimum Gasteiger partial charge on any atom is -0.760 e. The molecule has 15 heavy (non-hydrogen) atoms. The van der Waals surface area contributed by atoms with Crippen LogP contribution in [0.1, 0.15) is 16.7 Å². The van der Waals surface area contributed by atoms with Crippen molar-refractivity contribution < 1.29 is 13.5 Å². The lowest BCUT2D eigenvalue weighted by molar-refractivity contribution is 0.411. The third-order valence-electron chi connectivity index (χ3n) is 1.98. The molecular formula is C10H16NO3S-. The molecule has 0 fully saturated rings. The van der Waals surface area contributed by atoms with Gasteiger partial charge < -0.3 is 9.29 Å². The summed E-state index contributed by atoms with van der Waals surface area (Å²) in [6.45, 7) is 6.26. The summed E-state index contributed by atoms with van der Waals surface area (Å²) in [7, 11) is 1.71. The minimum atomic E-state index is -2.36. The Morgan fingerprint density at radius 3 is 2.20 bits per heavy atom. The third kappa shape index (κ3) is 5.51. The fourth-order valence-corrected chi connectivity index (χ4v) is 1.21. The molecule has 4 nitrogen and oxygen atoms in total. The largest absolute Gasteiger partial charge is 0.760 e. The van der Waals surface area contributed by atoms with Crippen LogP contribution in [0.2, 0.25) is 0 Å². The van der Waals surface area contributed by atoms with Crippen LogP contribution < -0.4 is 9.88 Å². The molecule has 0 radical (unpaired) electrons. The van der Waals surface area contributed by atoms with E-state index in [-0.39, 0.29) is 0 Å². The number of hydrogen-bond acceptors (Lipinski definition) is 3. The molecule has 86 valence electrons. The second-order valence-electron chi connectivity index (χ2n) is 3.17. The Labute approximate surface area is 92.9 Å². The van der Waals surface area contributed by atoms with Crippen LogP contribution in [0.15, 0.2) is 12.1 Å². The smallest absolute Gasteiger partial charge is 0.122 e. The maximum Gasteiger partial charge on any atom is 0.122 e. The van der Waals surface area contributed by atoms with Crippen LogP contribution in [-0.4, -0.2) is 15.9 Å². The molecule has 0 aliphatic heterocycles. The highest BCUT2D eigenvalue weighted by atomic mass is 32.2. The predicted octanol–water partition coefficient (Wildman–Crippen LogP) is 1.36. The standard InChI is InChI=1S/C10H14O.H3NO2S/c1-7-5-8(2)9(3)10(6-7)11-4;1-4(2)3/h5-6H,1-4H3;1H2,(H,2,3)/p-1. The van der Waals surface area contributed by atoms with Gasteiger partial charge in [0.2, 0.25) is 0 Å². The van der Waals surface area contributed by atoms with Gasteiger partial charge in [-0.2, -0.15) is 0 Å². The van der Waals surface area contributed by atoms with Crippen LogP contribution in [0.4, 0.5) is 0 Å². The van der Waals surface area contributed by atoms with E-state index < -0.39 is 11.3 Å². The summed E-state index contributed by atoms with van der Waals surface area (Å²) < 4.78 is 22.8. The molecule has 0 saturated heterocycles. The van der Waals surface area contributed by atoms with Gasteiger partial charge >= 0.3 is 0 Å². The van der Waals surface area contributed by atoms with Crippen LogP contribution in [0.5, 0.6) is 5.75 Å². The van der Waals surface area contributed by atoms with Crippen molar-refractivity contribution in [2.45, 2.75) is 20.8 Å². The molecule has 0 spiro atoms. The Hall–Kier alpha value is -0.910. The minimum absolute atomic E-state index is 0.988. The number of hydrogen-bond donors (Lipinski definition) is 1. The molecule has 0 bridgehead atoms. The van der Waals surface area contributed by atoms with Gasteiger partial charge in [-0.05, 0) is 43.5 Å². The molecule has 0 aliphatic rings. The quantitative estimate of drug-likeness (QED) is 0.740. The number of rotatable bonds is 1. The molecule has 5 heteroatoms. The molecule has 1 aromatic carbocycles. The lowest BCUT2D eigenvalue weighted by atomic mass is 10.1. The highest BCUT2D eigenvalue weighted by molar-refractivity contribution is 7.76. The topological polar surface area (TPSA) is 75.4 Å². The van der Waals surface area contributed by atoms with Crippen LogP contribution in [-0.2, 0) is 11.3 Å². The monoisotopic (exact) mass is 230 g/mol. The van der Waals surface area contributed by atoms with Gasteiger partial charge in [0.25, 0.3) is 0 Å². The molecule has 1 rings (SSSR count). The lowest BCUT2D eigenvalue weighted by Crippen LogP contribution is -1.97. The fraction of sp³-hybridized carbons (Fsp3) is 0.400. The first-order valence-electron chi connectivity index (χ1n) is 4.34. The zero-order chi connectivity index (χ0) is 12.0. The second kappa shape index (κ2) is 6.55. The van der Waals surface area contributed by atoms with Crippen molar-refractivity contribution in [3.05, 3.63) is 28.8 Å². The van der Waals surface area contributed by atoms with Gasteiger partial charge in [-0.3, -0.25) is 9.35 Å². The van der Waals surface area contributed by atoms with Crippen LogP contribution >= 0.6 is 0 Å². The summed E-state index contributed by atoms with van der Waals surface area (Å²) in [5, 5.41) is 4.03. The van der Waals surface area contributed by atoms with Gasteiger partial charge in [-0.1, -0.05) is 6.07 Å². The number of nitrogens with two attached hydrogens (primary N) is 1. The van der Waals surface area contributed by atoms with Gasteiger partial charge in [-0.25, -0.2) is 0 Å². The van der Waals surface area contributed by atoms with Crippen molar-refractivity contribution in [3.8, 4) is 5.75 Å². The maximum atomic E-state index is 8.78. The Morgan fingerprint density at radius 1 is 1.33 bits per heavy atom. The number of ether oxygens (including phenoxy) is 1. The highest BCUT2D eigenvalue weighted by Crippen LogP contribution is 2.22. The van der Waals surface area contributed by atoms with Gasteiger partial charge in [0.1, 0.15) is 5.75 Å². The summed E-state index contributed by atoms with van der Waals surface area (Å²) in [6, 6.07) is 4.22. The summed E-state index contributed by atoms with van der Waals surface area (Å²) in [5.41, 5.74) is 3.78. The number of aryl methyl sites for hydroxylation is 2. The first-order chi connectivity index (χ1) is 6.88. The van der Waals surface area contributed by atoms with E-state index in [1.54, 1.807) is 7.11 Å². The van der Waals surface area contributed by atoms with Crippen molar-refractivity contribution in [3.63, 3.8) is 0 Å². The van der Waals surface area contributed by atoms with Crippen molar-refractivity contribution in [1.82, 2.24) is 0 Å². The first kappa shape index (κ1) is 14.1. The summed E-state index contributed by atoms with van der Waals surface area (Å²) in [4.78, 5) is 0. The van der Waals surface area contributed by atoms with Crippen molar-refractivity contribution >= 4 is 11.3 Å². The number of benzene rings is 1. The Balaban J connectivity index is 0.000000423. The van der Waals surface area contributed by atoms with Crippen molar-refractivity contribution in [1.29, 1.82) is 0 Å². The van der Waals surface area contributed by atoms with E-state index in [4.69, 9.17) is 13.5 Å². The average Bonchev–Trinajstić information content (AvgIpc) is 2.10. The SMILES string of the molecule is COc1cc(C)cc(C)c1C.NS(=O)[O-]. The van der Waals surface area contributed by atoms with E-state index in [0.29, 0.717) is 0 Å². The van der Waals surface area contributed by atoms with E-state index in [0.717, 1.165) is 5.75 Å². The summed E-state index contributed by atoms with van der Waals surface area (Å²) in [6.07, 6.45) is 0. The maximum absolute atomic E-state index is 8.78. The predicted molar refractivity (Wildman–Crippen MR) is 60.3 cm³/mol. The molecule has 1 unspecified atom stereocenters. The fourth-order valence-electron chi connectivity index (χ4n) is 1.21. The average molecular weight is 230 g/mol. The summed E-state index contributed by atoms with van der Waals surface area (Å²) >= 11 is -2.36. The van der Waals surface area contributed by atoms with E-state index >= 15 is 0 Å². The van der Waals surface area contributed by atoms with Gasteiger partial charge in [0, 0.05) is 11.3 Å². The Bertz CT molecular complexity index is 349. The molecule has 0 saturated carbocycles. The molecule has 0 aromatic heterocycles. The zero-order valence-corrected chi connectivity index (χ0v) is 10.2. The molecule has 2 N–H and O–H groups in total. The summed E-state index contributed by atoms with van der Waals surface area (Å²) in [5.74, 6) is 0.988. The van der Waals surface area contributed by atoms with Crippen LogP contribution in [0.25, 0.3) is 0 Å². The van der Waals surface area contributed by atoms with Crippen LogP contribution in [0, 0.1) is 20.8 Å². The van der Waals surface area contributed by atoms with Gasteiger partial charge in [-0.15, -0.1) is 0 Å². The molecule has 0 amide bonds. The van der Waals surface area contributed by atoms with Crippen LogP contribution in [0.3, 0.4) is 0 Å².